The Hall–Kier alpha value is -1.96. The molecule has 0 aliphatic carbocycles. The molecule has 0 spiro atoms. The molecule has 0 N–H and O–H groups in total. The summed E-state index contributed by atoms with van der Waals surface area (Å²) in [6.45, 7) is 0. The van der Waals surface area contributed by atoms with E-state index < -0.39 is 0 Å². The standard InChI is InChI=1S/C23H15ClN2S4/c24-16-13-11-15(12-14-16)19-20-21(25(22(27)29-19)17-7-3-1-4-8-17)26(23(28)30-20)18-9-5-2-6-10-18/h1-14,19H. The molecule has 0 bridgehead atoms. The first-order valence-corrected chi connectivity index (χ1v) is 12.1. The first kappa shape index (κ1) is 20.0. The lowest BCUT2D eigenvalue weighted by Crippen LogP contribution is -2.29. The summed E-state index contributed by atoms with van der Waals surface area (Å²) in [5, 5.41) is 0.796. The van der Waals surface area contributed by atoms with Gasteiger partial charge in [-0.05, 0) is 54.2 Å². The van der Waals surface area contributed by atoms with Crippen molar-refractivity contribution >= 4 is 75.0 Å². The van der Waals surface area contributed by atoms with Crippen LogP contribution >= 0.6 is 59.1 Å². The topological polar surface area (TPSA) is 8.17 Å². The van der Waals surface area contributed by atoms with E-state index in [0.29, 0.717) is 0 Å². The predicted octanol–water partition coefficient (Wildman–Crippen LogP) is 8.18. The smallest absolute Gasteiger partial charge is 0.167 e. The largest absolute Gasteiger partial charge is 0.280 e. The van der Waals surface area contributed by atoms with Crippen LogP contribution in [0.3, 0.4) is 0 Å². The van der Waals surface area contributed by atoms with Gasteiger partial charge in [0.2, 0.25) is 0 Å². The minimum Gasteiger partial charge on any atom is -0.280 e. The number of thiocarbonyl (C=S) groups is 1. The van der Waals surface area contributed by atoms with Crippen LogP contribution in [0.1, 0.15) is 15.7 Å². The average molecular weight is 483 g/mol. The molecule has 1 unspecified atom stereocenters. The van der Waals surface area contributed by atoms with Crippen LogP contribution in [-0.2, 0) is 0 Å². The SMILES string of the molecule is S=C1SC(c2ccc(Cl)cc2)c2sc(=S)n(-c3ccccc3)c2N1c1ccccc1. The van der Waals surface area contributed by atoms with E-state index in [9.17, 15) is 0 Å². The zero-order valence-corrected chi connectivity index (χ0v) is 19.6. The van der Waals surface area contributed by atoms with Crippen molar-refractivity contribution in [2.75, 3.05) is 4.90 Å². The van der Waals surface area contributed by atoms with Crippen LogP contribution in [0.2, 0.25) is 5.02 Å². The van der Waals surface area contributed by atoms with E-state index in [4.69, 9.17) is 36.0 Å². The van der Waals surface area contributed by atoms with Crippen LogP contribution < -0.4 is 4.90 Å². The Morgan fingerprint density at radius 2 is 1.37 bits per heavy atom. The van der Waals surface area contributed by atoms with Crippen LogP contribution in [0.5, 0.6) is 0 Å². The molecule has 0 fully saturated rings. The lowest BCUT2D eigenvalue weighted by molar-refractivity contribution is 1.02. The number of fused-ring (bicyclic) bond motifs is 1. The Labute approximate surface area is 198 Å². The number of hydrogen-bond donors (Lipinski definition) is 0. The Balaban J connectivity index is 1.77. The third-order valence-corrected chi connectivity index (χ3v) is 8.29. The van der Waals surface area contributed by atoms with E-state index in [1.807, 2.05) is 48.5 Å². The highest BCUT2D eigenvalue weighted by Gasteiger charge is 2.36. The third kappa shape index (κ3) is 3.53. The van der Waals surface area contributed by atoms with Crippen LogP contribution in [0, 0.1) is 3.95 Å². The summed E-state index contributed by atoms with van der Waals surface area (Å²) < 4.78 is 3.74. The molecule has 5 rings (SSSR count). The van der Waals surface area contributed by atoms with Crippen LogP contribution in [0.4, 0.5) is 11.5 Å². The van der Waals surface area contributed by atoms with Gasteiger partial charge in [0.05, 0.1) is 10.1 Å². The number of thiazole rings is 1. The van der Waals surface area contributed by atoms with Gasteiger partial charge in [-0.15, -0.1) is 11.3 Å². The lowest BCUT2D eigenvalue weighted by Gasteiger charge is -2.34. The molecule has 1 atom stereocenters. The number of anilines is 2. The summed E-state index contributed by atoms with van der Waals surface area (Å²) in [6, 6.07) is 28.4. The summed E-state index contributed by atoms with van der Waals surface area (Å²) in [7, 11) is 0. The quantitative estimate of drug-likeness (QED) is 0.272. The second kappa shape index (κ2) is 8.29. The fourth-order valence-corrected chi connectivity index (χ4v) is 6.87. The first-order chi connectivity index (χ1) is 14.6. The average Bonchev–Trinajstić information content (AvgIpc) is 3.11. The Bertz CT molecular complexity index is 1260. The zero-order chi connectivity index (χ0) is 20.7. The molecule has 0 radical (unpaired) electrons. The molecule has 1 aliphatic rings. The number of aromatic nitrogens is 1. The maximum atomic E-state index is 6.13. The summed E-state index contributed by atoms with van der Waals surface area (Å²) in [6.07, 6.45) is 0. The molecule has 2 nitrogen and oxygen atoms in total. The number of hydrogen-bond acceptors (Lipinski definition) is 4. The molecule has 0 saturated carbocycles. The van der Waals surface area contributed by atoms with Crippen molar-refractivity contribution in [3.63, 3.8) is 0 Å². The zero-order valence-electron chi connectivity index (χ0n) is 15.6. The van der Waals surface area contributed by atoms with Crippen molar-refractivity contribution < 1.29 is 0 Å². The van der Waals surface area contributed by atoms with E-state index in [1.54, 1.807) is 23.1 Å². The normalized spacial score (nSPS) is 15.8. The minimum atomic E-state index is 0.0707. The van der Waals surface area contributed by atoms with Crippen molar-refractivity contribution in [3.05, 3.63) is 104 Å². The van der Waals surface area contributed by atoms with Gasteiger partial charge in [0.15, 0.2) is 3.95 Å². The maximum absolute atomic E-state index is 6.13. The van der Waals surface area contributed by atoms with Crippen molar-refractivity contribution in [2.45, 2.75) is 5.25 Å². The number of benzene rings is 3. The highest BCUT2D eigenvalue weighted by Crippen LogP contribution is 2.52. The molecule has 4 aromatic rings. The molecule has 2 heterocycles. The lowest BCUT2D eigenvalue weighted by atomic mass is 10.1. The number of halogens is 1. The van der Waals surface area contributed by atoms with Crippen molar-refractivity contribution in [2.24, 2.45) is 0 Å². The molecule has 0 saturated heterocycles. The predicted molar refractivity (Wildman–Crippen MR) is 137 cm³/mol. The molecule has 30 heavy (non-hydrogen) atoms. The Morgan fingerprint density at radius 1 is 0.767 bits per heavy atom. The second-order valence-corrected chi connectivity index (χ2v) is 10.6. The van der Waals surface area contributed by atoms with Gasteiger partial charge in [-0.2, -0.15) is 0 Å². The van der Waals surface area contributed by atoms with E-state index >= 15 is 0 Å². The van der Waals surface area contributed by atoms with Gasteiger partial charge in [0.1, 0.15) is 10.1 Å². The second-order valence-electron chi connectivity index (χ2n) is 6.71. The Morgan fingerprint density at radius 3 is 2.00 bits per heavy atom. The molecule has 3 aromatic carbocycles. The fourth-order valence-electron chi connectivity index (χ4n) is 3.52. The molecule has 1 aromatic heterocycles. The summed E-state index contributed by atoms with van der Waals surface area (Å²) in [5.41, 5.74) is 3.23. The molecular formula is C23H15ClN2S4. The maximum Gasteiger partial charge on any atom is 0.167 e. The number of rotatable bonds is 3. The van der Waals surface area contributed by atoms with E-state index in [-0.39, 0.29) is 5.25 Å². The van der Waals surface area contributed by atoms with Gasteiger partial charge < -0.3 is 0 Å². The fraction of sp³-hybridized carbons (Fsp3) is 0.0435. The van der Waals surface area contributed by atoms with Crippen LogP contribution in [0.15, 0.2) is 84.9 Å². The highest BCUT2D eigenvalue weighted by atomic mass is 35.5. The summed E-state index contributed by atoms with van der Waals surface area (Å²) >= 11 is 21.2. The number of thioether (sulfide) groups is 1. The minimum absolute atomic E-state index is 0.0707. The van der Waals surface area contributed by atoms with E-state index in [2.05, 4.69) is 45.9 Å². The van der Waals surface area contributed by atoms with Gasteiger partial charge in [0, 0.05) is 16.4 Å². The number of para-hydroxylation sites is 2. The monoisotopic (exact) mass is 482 g/mol. The molecule has 7 heteroatoms. The van der Waals surface area contributed by atoms with E-state index in [0.717, 1.165) is 36.1 Å². The number of nitrogens with zero attached hydrogens (tertiary/aromatic N) is 2. The van der Waals surface area contributed by atoms with Gasteiger partial charge >= 0.3 is 0 Å². The third-order valence-electron chi connectivity index (χ3n) is 4.86. The molecule has 1 aliphatic heterocycles. The van der Waals surface area contributed by atoms with Gasteiger partial charge in [-0.1, -0.05) is 84.1 Å². The van der Waals surface area contributed by atoms with Gasteiger partial charge in [-0.25, -0.2) is 0 Å². The van der Waals surface area contributed by atoms with Crippen LogP contribution in [0.25, 0.3) is 5.69 Å². The van der Waals surface area contributed by atoms with Crippen LogP contribution in [-0.4, -0.2) is 8.89 Å². The van der Waals surface area contributed by atoms with Gasteiger partial charge in [-0.3, -0.25) is 9.47 Å². The van der Waals surface area contributed by atoms with Crippen molar-refractivity contribution in [1.29, 1.82) is 0 Å². The van der Waals surface area contributed by atoms with Gasteiger partial charge in [0.25, 0.3) is 0 Å². The Kier molecular flexibility index (Phi) is 5.52. The summed E-state index contributed by atoms with van der Waals surface area (Å²) in [4.78, 5) is 3.33. The molecule has 148 valence electrons. The first-order valence-electron chi connectivity index (χ1n) is 9.26. The van der Waals surface area contributed by atoms with E-state index in [1.165, 1.54) is 4.88 Å². The summed E-state index contributed by atoms with van der Waals surface area (Å²) in [5.74, 6) is 1.02. The molecule has 0 amide bonds. The highest BCUT2D eigenvalue weighted by molar-refractivity contribution is 8.23. The van der Waals surface area contributed by atoms with Crippen molar-refractivity contribution in [3.8, 4) is 5.69 Å². The van der Waals surface area contributed by atoms with Crippen molar-refractivity contribution in [1.82, 2.24) is 4.57 Å². The molecular weight excluding hydrogens is 468 g/mol.